The molecule has 6 nitrogen and oxygen atoms in total. The number of ether oxygens (including phenoxy) is 1. The Balaban J connectivity index is 2.53. The molecule has 0 spiro atoms. The predicted octanol–water partition coefficient (Wildman–Crippen LogP) is 1.43. The zero-order chi connectivity index (χ0) is 16.5. The fraction of sp³-hybridized carbons (Fsp3) is 0.500. The lowest BCUT2D eigenvalue weighted by atomic mass is 10.3. The van der Waals surface area contributed by atoms with Gasteiger partial charge >= 0.3 is 0 Å². The third-order valence-corrected chi connectivity index (χ3v) is 3.05. The molecule has 0 saturated carbocycles. The maximum Gasteiger partial charge on any atom is 0.243 e. The van der Waals surface area contributed by atoms with Gasteiger partial charge in [0.1, 0.15) is 5.75 Å². The normalized spacial score (nSPS) is 10.4. The van der Waals surface area contributed by atoms with Gasteiger partial charge in [-0.05, 0) is 45.3 Å². The summed E-state index contributed by atoms with van der Waals surface area (Å²) < 4.78 is 5.35. The standard InChI is InChI=1S/C16H25N3O3/c1-5-22-15-8-6-14(7-9-15)17-16(21)12-19(13(2)20)11-10-18(3)4/h6-9H,5,10-12H2,1-4H3,(H,17,21). The first-order chi connectivity index (χ1) is 10.4. The minimum Gasteiger partial charge on any atom is -0.494 e. The second-order valence-electron chi connectivity index (χ2n) is 5.25. The molecule has 1 aromatic rings. The molecule has 0 fully saturated rings. The molecular formula is C16H25N3O3. The molecule has 0 atom stereocenters. The average Bonchev–Trinajstić information content (AvgIpc) is 2.45. The van der Waals surface area contributed by atoms with Crippen molar-refractivity contribution in [1.29, 1.82) is 0 Å². The molecule has 0 aliphatic rings. The van der Waals surface area contributed by atoms with Crippen LogP contribution >= 0.6 is 0 Å². The van der Waals surface area contributed by atoms with Crippen molar-refractivity contribution in [3.8, 4) is 5.75 Å². The lowest BCUT2D eigenvalue weighted by Gasteiger charge is -2.22. The fourth-order valence-electron chi connectivity index (χ4n) is 1.84. The summed E-state index contributed by atoms with van der Waals surface area (Å²) in [5, 5.41) is 2.78. The zero-order valence-corrected chi connectivity index (χ0v) is 13.8. The molecule has 0 aliphatic carbocycles. The highest BCUT2D eigenvalue weighted by atomic mass is 16.5. The van der Waals surface area contributed by atoms with E-state index in [9.17, 15) is 9.59 Å². The van der Waals surface area contributed by atoms with Crippen molar-refractivity contribution in [3.05, 3.63) is 24.3 Å². The van der Waals surface area contributed by atoms with Crippen LogP contribution in [0.1, 0.15) is 13.8 Å². The van der Waals surface area contributed by atoms with Crippen LogP contribution in [0.25, 0.3) is 0 Å². The van der Waals surface area contributed by atoms with Gasteiger partial charge in [-0.15, -0.1) is 0 Å². The molecule has 0 unspecified atom stereocenters. The van der Waals surface area contributed by atoms with Crippen molar-refractivity contribution in [2.75, 3.05) is 45.7 Å². The van der Waals surface area contributed by atoms with Crippen molar-refractivity contribution in [2.24, 2.45) is 0 Å². The Kier molecular flexibility index (Phi) is 7.39. The van der Waals surface area contributed by atoms with E-state index in [0.717, 1.165) is 12.3 Å². The lowest BCUT2D eigenvalue weighted by Crippen LogP contribution is -2.40. The Morgan fingerprint density at radius 2 is 1.77 bits per heavy atom. The van der Waals surface area contributed by atoms with Gasteiger partial charge in [-0.2, -0.15) is 0 Å². The van der Waals surface area contributed by atoms with Crippen LogP contribution in [0, 0.1) is 0 Å². The molecule has 0 heterocycles. The number of hydrogen-bond donors (Lipinski definition) is 1. The second-order valence-corrected chi connectivity index (χ2v) is 5.25. The first-order valence-electron chi connectivity index (χ1n) is 7.35. The van der Waals surface area contributed by atoms with Gasteiger partial charge in [0, 0.05) is 25.7 Å². The van der Waals surface area contributed by atoms with Crippen LogP contribution in [0.2, 0.25) is 0 Å². The first kappa shape index (κ1) is 18.0. The third-order valence-electron chi connectivity index (χ3n) is 3.05. The van der Waals surface area contributed by atoms with Crippen LogP contribution in [-0.2, 0) is 9.59 Å². The summed E-state index contributed by atoms with van der Waals surface area (Å²) in [6, 6.07) is 7.16. The van der Waals surface area contributed by atoms with Crippen molar-refractivity contribution in [3.63, 3.8) is 0 Å². The molecule has 2 amide bonds. The van der Waals surface area contributed by atoms with Crippen LogP contribution < -0.4 is 10.1 Å². The molecule has 0 radical (unpaired) electrons. The topological polar surface area (TPSA) is 61.9 Å². The SMILES string of the molecule is CCOc1ccc(NC(=O)CN(CCN(C)C)C(C)=O)cc1. The van der Waals surface area contributed by atoms with Crippen LogP contribution in [0.3, 0.4) is 0 Å². The molecule has 22 heavy (non-hydrogen) atoms. The molecule has 6 heteroatoms. The number of hydrogen-bond acceptors (Lipinski definition) is 4. The van der Waals surface area contributed by atoms with Gasteiger partial charge in [0.15, 0.2) is 0 Å². The van der Waals surface area contributed by atoms with Gasteiger partial charge in [-0.3, -0.25) is 9.59 Å². The fourth-order valence-corrected chi connectivity index (χ4v) is 1.84. The molecule has 0 aromatic heterocycles. The summed E-state index contributed by atoms with van der Waals surface area (Å²) in [7, 11) is 3.86. The Morgan fingerprint density at radius 3 is 2.27 bits per heavy atom. The van der Waals surface area contributed by atoms with E-state index in [-0.39, 0.29) is 18.4 Å². The molecule has 1 N–H and O–H groups in total. The number of likely N-dealkylation sites (N-methyl/N-ethyl adjacent to an activating group) is 1. The summed E-state index contributed by atoms with van der Waals surface area (Å²) in [4.78, 5) is 27.1. The van der Waals surface area contributed by atoms with E-state index < -0.39 is 0 Å². The molecule has 1 aromatic carbocycles. The molecular weight excluding hydrogens is 282 g/mol. The van der Waals surface area contributed by atoms with Crippen molar-refractivity contribution < 1.29 is 14.3 Å². The monoisotopic (exact) mass is 307 g/mol. The van der Waals surface area contributed by atoms with E-state index in [4.69, 9.17) is 4.74 Å². The summed E-state index contributed by atoms with van der Waals surface area (Å²) >= 11 is 0. The first-order valence-corrected chi connectivity index (χ1v) is 7.35. The minimum absolute atomic E-state index is 0.0520. The minimum atomic E-state index is -0.210. The number of nitrogens with one attached hydrogen (secondary N) is 1. The number of rotatable bonds is 8. The summed E-state index contributed by atoms with van der Waals surface area (Å²) in [5.41, 5.74) is 0.685. The Labute approximate surface area is 132 Å². The van der Waals surface area contributed by atoms with Gasteiger partial charge in [0.05, 0.1) is 13.2 Å². The molecule has 122 valence electrons. The van der Waals surface area contributed by atoms with Gasteiger partial charge in [0.2, 0.25) is 11.8 Å². The van der Waals surface area contributed by atoms with E-state index in [2.05, 4.69) is 5.32 Å². The Morgan fingerprint density at radius 1 is 1.14 bits per heavy atom. The smallest absolute Gasteiger partial charge is 0.243 e. The number of amides is 2. The Hall–Kier alpha value is -2.08. The van der Waals surface area contributed by atoms with E-state index in [0.29, 0.717) is 18.8 Å². The highest BCUT2D eigenvalue weighted by molar-refractivity contribution is 5.94. The summed E-state index contributed by atoms with van der Waals surface area (Å²) in [6.07, 6.45) is 0. The van der Waals surface area contributed by atoms with Gasteiger partial charge in [0.25, 0.3) is 0 Å². The summed E-state index contributed by atoms with van der Waals surface area (Å²) in [6.45, 7) is 5.29. The van der Waals surface area contributed by atoms with E-state index in [1.54, 1.807) is 24.3 Å². The number of nitrogens with zero attached hydrogens (tertiary/aromatic N) is 2. The van der Waals surface area contributed by atoms with Crippen molar-refractivity contribution in [1.82, 2.24) is 9.80 Å². The third kappa shape index (κ3) is 6.58. The maximum absolute atomic E-state index is 12.0. The number of anilines is 1. The van der Waals surface area contributed by atoms with Crippen LogP contribution in [0.4, 0.5) is 5.69 Å². The van der Waals surface area contributed by atoms with Crippen molar-refractivity contribution in [2.45, 2.75) is 13.8 Å². The van der Waals surface area contributed by atoms with Gasteiger partial charge in [-0.25, -0.2) is 0 Å². The molecule has 0 saturated heterocycles. The highest BCUT2D eigenvalue weighted by Gasteiger charge is 2.13. The van der Waals surface area contributed by atoms with E-state index in [1.165, 1.54) is 11.8 Å². The zero-order valence-electron chi connectivity index (χ0n) is 13.8. The second kappa shape index (κ2) is 9.04. The number of benzene rings is 1. The quantitative estimate of drug-likeness (QED) is 0.789. The van der Waals surface area contributed by atoms with Crippen LogP contribution in [0.5, 0.6) is 5.75 Å². The van der Waals surface area contributed by atoms with Crippen molar-refractivity contribution >= 4 is 17.5 Å². The number of carbonyl (C=O) groups is 2. The van der Waals surface area contributed by atoms with E-state index in [1.807, 2.05) is 25.9 Å². The molecule has 1 rings (SSSR count). The predicted molar refractivity (Wildman–Crippen MR) is 87.0 cm³/mol. The number of carbonyl (C=O) groups excluding carboxylic acids is 2. The van der Waals surface area contributed by atoms with Crippen LogP contribution in [0.15, 0.2) is 24.3 Å². The molecule has 0 bridgehead atoms. The highest BCUT2D eigenvalue weighted by Crippen LogP contribution is 2.15. The molecule has 0 aliphatic heterocycles. The van der Waals surface area contributed by atoms with Crippen LogP contribution in [-0.4, -0.2) is 62.0 Å². The average molecular weight is 307 g/mol. The lowest BCUT2D eigenvalue weighted by molar-refractivity contribution is -0.132. The van der Waals surface area contributed by atoms with Gasteiger partial charge in [-0.1, -0.05) is 0 Å². The largest absolute Gasteiger partial charge is 0.494 e. The van der Waals surface area contributed by atoms with E-state index >= 15 is 0 Å². The Bertz CT molecular complexity index is 486. The maximum atomic E-state index is 12.0. The summed E-state index contributed by atoms with van der Waals surface area (Å²) in [5.74, 6) is 0.443. The van der Waals surface area contributed by atoms with Gasteiger partial charge < -0.3 is 19.9 Å².